The van der Waals surface area contributed by atoms with Gasteiger partial charge in [0.2, 0.25) is 5.91 Å². The molecule has 0 radical (unpaired) electrons. The molecule has 0 saturated carbocycles. The predicted molar refractivity (Wildman–Crippen MR) is 119 cm³/mol. The average Bonchev–Trinajstić information content (AvgIpc) is 3.12. The first-order valence-electron chi connectivity index (χ1n) is 9.01. The second-order valence-electron chi connectivity index (χ2n) is 6.57. The van der Waals surface area contributed by atoms with Crippen molar-refractivity contribution in [3.05, 3.63) is 50.9 Å². The number of nitrogens with one attached hydrogen (secondary N) is 1. The summed E-state index contributed by atoms with van der Waals surface area (Å²) in [4.78, 5) is 27.1. The highest BCUT2D eigenvalue weighted by Gasteiger charge is 2.34. The zero-order valence-corrected chi connectivity index (χ0v) is 19.6. The molecule has 0 bridgehead atoms. The number of thioether (sulfide) groups is 1. The molecule has 3 rings (SSSR count). The van der Waals surface area contributed by atoms with E-state index in [1.165, 1.54) is 18.9 Å². The number of benzene rings is 1. The van der Waals surface area contributed by atoms with Crippen molar-refractivity contribution in [2.45, 2.75) is 23.7 Å². The molecule has 0 fully saturated rings. The molecule has 1 aliphatic rings. The number of hydrogen-bond donors (Lipinski definition) is 1. The quantitative estimate of drug-likeness (QED) is 0.602. The molecule has 1 aromatic carbocycles. The van der Waals surface area contributed by atoms with Crippen molar-refractivity contribution in [2.75, 3.05) is 25.7 Å². The summed E-state index contributed by atoms with van der Waals surface area (Å²) in [6.45, 7) is 0.701. The maximum absolute atomic E-state index is 13.1. The molecule has 1 aliphatic heterocycles. The van der Waals surface area contributed by atoms with Crippen LogP contribution in [0.3, 0.4) is 0 Å². The van der Waals surface area contributed by atoms with Crippen LogP contribution in [0.1, 0.15) is 26.4 Å². The molecule has 162 valence electrons. The third-order valence-electron chi connectivity index (χ3n) is 4.69. The lowest BCUT2D eigenvalue weighted by atomic mass is 10.0. The summed E-state index contributed by atoms with van der Waals surface area (Å²) in [7, 11) is -2.78. The maximum Gasteiger partial charge on any atom is 0.340 e. The molecule has 30 heavy (non-hydrogen) atoms. The van der Waals surface area contributed by atoms with Crippen molar-refractivity contribution in [3.8, 4) is 0 Å². The SMILES string of the molecule is COC(=O)c1c(S(=O)(=O)NCc2ccccc2Cl)sc2c1CCN(C(=O)CSC)C2. The summed E-state index contributed by atoms with van der Waals surface area (Å²) < 4.78 is 33.4. The highest BCUT2D eigenvalue weighted by atomic mass is 35.5. The van der Waals surface area contributed by atoms with Gasteiger partial charge in [0.15, 0.2) is 0 Å². The normalized spacial score (nSPS) is 13.8. The summed E-state index contributed by atoms with van der Waals surface area (Å²) >= 11 is 8.55. The van der Waals surface area contributed by atoms with E-state index in [-0.39, 0.29) is 28.8 Å². The topological polar surface area (TPSA) is 92.8 Å². The fraction of sp³-hybridized carbons (Fsp3) is 0.368. The zero-order valence-electron chi connectivity index (χ0n) is 16.4. The Morgan fingerprint density at radius 1 is 1.33 bits per heavy atom. The molecule has 1 amide bonds. The summed E-state index contributed by atoms with van der Waals surface area (Å²) in [5.41, 5.74) is 1.32. The number of nitrogens with zero attached hydrogens (tertiary/aromatic N) is 1. The lowest BCUT2D eigenvalue weighted by molar-refractivity contribution is -0.129. The molecule has 11 heteroatoms. The van der Waals surface area contributed by atoms with E-state index in [2.05, 4.69) is 4.72 Å². The minimum Gasteiger partial charge on any atom is -0.465 e. The zero-order chi connectivity index (χ0) is 21.9. The number of carbonyl (C=O) groups is 2. The molecule has 0 unspecified atom stereocenters. The first kappa shape index (κ1) is 23.1. The van der Waals surface area contributed by atoms with Crippen molar-refractivity contribution in [2.24, 2.45) is 0 Å². The second-order valence-corrected chi connectivity index (χ2v) is 10.9. The van der Waals surface area contributed by atoms with E-state index in [4.69, 9.17) is 16.3 Å². The summed E-state index contributed by atoms with van der Waals surface area (Å²) in [5, 5.41) is 0.446. The van der Waals surface area contributed by atoms with Gasteiger partial charge in [0, 0.05) is 23.0 Å². The van der Waals surface area contributed by atoms with Gasteiger partial charge in [0.25, 0.3) is 10.0 Å². The van der Waals surface area contributed by atoms with Gasteiger partial charge in [-0.15, -0.1) is 11.3 Å². The van der Waals surface area contributed by atoms with Gasteiger partial charge in [-0.2, -0.15) is 11.8 Å². The maximum atomic E-state index is 13.1. The van der Waals surface area contributed by atoms with Gasteiger partial charge in [-0.05, 0) is 29.9 Å². The Balaban J connectivity index is 1.93. The molecule has 1 N–H and O–H groups in total. The van der Waals surface area contributed by atoms with Crippen LogP contribution in [0.5, 0.6) is 0 Å². The Labute approximate surface area is 188 Å². The number of esters is 1. The molecule has 0 saturated heterocycles. The Kier molecular flexibility index (Phi) is 7.46. The van der Waals surface area contributed by atoms with Crippen LogP contribution in [0, 0.1) is 0 Å². The van der Waals surface area contributed by atoms with E-state index in [9.17, 15) is 18.0 Å². The number of methoxy groups -OCH3 is 1. The highest BCUT2D eigenvalue weighted by Crippen LogP contribution is 2.37. The first-order valence-corrected chi connectivity index (χ1v) is 13.1. The number of sulfonamides is 1. The summed E-state index contributed by atoms with van der Waals surface area (Å²) in [6, 6.07) is 6.92. The average molecular weight is 489 g/mol. The molecular formula is C19H21ClN2O5S3. The van der Waals surface area contributed by atoms with Crippen molar-refractivity contribution in [3.63, 3.8) is 0 Å². The highest BCUT2D eigenvalue weighted by molar-refractivity contribution is 7.99. The standard InChI is InChI=1S/C19H21ClN2O5S3/c1-27-18(24)17-13-7-8-22(16(23)11-28-2)10-15(13)29-19(17)30(25,26)21-9-12-5-3-4-6-14(12)20/h3-6,21H,7-11H2,1-2H3. The molecule has 1 aromatic heterocycles. The van der Waals surface area contributed by atoms with Gasteiger partial charge in [0.1, 0.15) is 4.21 Å². The number of rotatable bonds is 7. The smallest absolute Gasteiger partial charge is 0.340 e. The van der Waals surface area contributed by atoms with E-state index in [1.807, 2.05) is 6.26 Å². The van der Waals surface area contributed by atoms with Crippen LogP contribution in [0.2, 0.25) is 5.02 Å². The van der Waals surface area contributed by atoms with Crippen LogP contribution in [-0.2, 0) is 39.1 Å². The summed E-state index contributed by atoms with van der Waals surface area (Å²) in [6.07, 6.45) is 2.25. The lowest BCUT2D eigenvalue weighted by Crippen LogP contribution is -2.36. The number of hydrogen-bond acceptors (Lipinski definition) is 7. The number of amides is 1. The Bertz CT molecular complexity index is 1070. The van der Waals surface area contributed by atoms with E-state index in [1.54, 1.807) is 29.2 Å². The first-order chi connectivity index (χ1) is 14.3. The van der Waals surface area contributed by atoms with Crippen LogP contribution in [0.4, 0.5) is 0 Å². The minimum absolute atomic E-state index is 0.0104. The van der Waals surface area contributed by atoms with Crippen molar-refractivity contribution in [1.29, 1.82) is 0 Å². The molecule has 0 atom stereocenters. The lowest BCUT2D eigenvalue weighted by Gasteiger charge is -2.27. The molecule has 2 heterocycles. The van der Waals surface area contributed by atoms with E-state index in [0.717, 1.165) is 11.3 Å². The predicted octanol–water partition coefficient (Wildman–Crippen LogP) is 2.91. The van der Waals surface area contributed by atoms with Crippen LogP contribution < -0.4 is 4.72 Å². The Morgan fingerprint density at radius 2 is 2.07 bits per heavy atom. The summed E-state index contributed by atoms with van der Waals surface area (Å²) in [5.74, 6) is -0.355. The number of fused-ring (bicyclic) bond motifs is 1. The molecular weight excluding hydrogens is 468 g/mol. The molecule has 7 nitrogen and oxygen atoms in total. The monoisotopic (exact) mass is 488 g/mol. The van der Waals surface area contributed by atoms with E-state index >= 15 is 0 Å². The third kappa shape index (κ3) is 4.83. The minimum atomic E-state index is -4.00. The molecule has 2 aromatic rings. The Hall–Kier alpha value is -1.59. The largest absolute Gasteiger partial charge is 0.465 e. The van der Waals surface area contributed by atoms with Gasteiger partial charge >= 0.3 is 5.97 Å². The number of ether oxygens (including phenoxy) is 1. The van der Waals surface area contributed by atoms with E-state index in [0.29, 0.717) is 39.7 Å². The van der Waals surface area contributed by atoms with Crippen LogP contribution >= 0.6 is 34.7 Å². The van der Waals surface area contributed by atoms with Crippen LogP contribution in [0.25, 0.3) is 0 Å². The van der Waals surface area contributed by atoms with Gasteiger partial charge in [-0.3, -0.25) is 4.79 Å². The van der Waals surface area contributed by atoms with E-state index < -0.39 is 16.0 Å². The molecule has 0 aliphatic carbocycles. The van der Waals surface area contributed by atoms with Gasteiger partial charge in [-0.1, -0.05) is 29.8 Å². The number of thiophene rings is 1. The van der Waals surface area contributed by atoms with Gasteiger partial charge in [-0.25, -0.2) is 17.9 Å². The van der Waals surface area contributed by atoms with Gasteiger partial charge < -0.3 is 9.64 Å². The number of halogens is 1. The third-order valence-corrected chi connectivity index (χ3v) is 8.73. The second kappa shape index (κ2) is 9.69. The fourth-order valence-corrected chi connectivity index (χ4v) is 6.77. The fourth-order valence-electron chi connectivity index (χ4n) is 3.18. The Morgan fingerprint density at radius 3 is 2.73 bits per heavy atom. The molecule has 0 spiro atoms. The number of carbonyl (C=O) groups excluding carboxylic acids is 2. The van der Waals surface area contributed by atoms with Crippen molar-refractivity contribution in [1.82, 2.24) is 9.62 Å². The van der Waals surface area contributed by atoms with Crippen LogP contribution in [-0.4, -0.2) is 50.9 Å². The van der Waals surface area contributed by atoms with Crippen LogP contribution in [0.15, 0.2) is 28.5 Å². The van der Waals surface area contributed by atoms with Gasteiger partial charge in [0.05, 0.1) is 25.0 Å². The van der Waals surface area contributed by atoms with Crippen molar-refractivity contribution < 1.29 is 22.7 Å². The van der Waals surface area contributed by atoms with Crippen molar-refractivity contribution >= 4 is 56.6 Å².